The average Bonchev–Trinajstić information content (AvgIpc) is 3.23. The molecular weight excluding hydrogens is 370 g/mol. The quantitative estimate of drug-likeness (QED) is 0.492. The normalized spacial score (nSPS) is 20.8. The Bertz CT molecular complexity index is 1400. The topological polar surface area (TPSA) is 88.2 Å². The lowest BCUT2D eigenvalue weighted by atomic mass is 10.0. The molecule has 1 heterocycles. The third-order valence-corrected chi connectivity index (χ3v) is 3.97. The summed E-state index contributed by atoms with van der Waals surface area (Å²) < 4.78 is 98.9. The van der Waals surface area contributed by atoms with Gasteiger partial charge < -0.3 is 16.2 Å². The summed E-state index contributed by atoms with van der Waals surface area (Å²) in [6.07, 6.45) is -12.6. The summed E-state index contributed by atoms with van der Waals surface area (Å²) in [5, 5.41) is 11.9. The number of rotatable bonds is 9. The fraction of sp³-hybridized carbons (Fsp3) is 0.273. The number of nitrogen functional groups attached to an aromatic ring is 1. The second-order valence-electron chi connectivity index (χ2n) is 5.45. The van der Waals surface area contributed by atoms with Crippen LogP contribution in [0.4, 0.5) is 10.8 Å². The van der Waals surface area contributed by atoms with Crippen molar-refractivity contribution >= 4 is 28.1 Å². The Hall–Kier alpha value is -2.70. The van der Waals surface area contributed by atoms with E-state index in [9.17, 15) is 9.90 Å². The minimum absolute atomic E-state index is 0.147. The predicted octanol–water partition coefficient (Wildman–Crippen LogP) is 4.35. The van der Waals surface area contributed by atoms with Crippen molar-refractivity contribution in [1.82, 2.24) is 4.98 Å². The van der Waals surface area contributed by atoms with Gasteiger partial charge in [-0.2, -0.15) is 0 Å². The molecule has 0 aliphatic heterocycles. The van der Waals surface area contributed by atoms with Crippen LogP contribution in [-0.2, 0) is 17.5 Å². The Kier molecular flexibility index (Phi) is 3.46. The van der Waals surface area contributed by atoms with Crippen LogP contribution in [0.3, 0.4) is 0 Å². The highest BCUT2D eigenvalue weighted by Gasteiger charge is 2.08. The van der Waals surface area contributed by atoms with Crippen molar-refractivity contribution in [1.29, 1.82) is 0 Å². The van der Waals surface area contributed by atoms with Gasteiger partial charge in [-0.25, -0.2) is 4.98 Å². The summed E-state index contributed by atoms with van der Waals surface area (Å²) in [6, 6.07) is 3.71. The van der Waals surface area contributed by atoms with Crippen molar-refractivity contribution in [3.05, 3.63) is 76.7 Å². The molecule has 0 radical (unpaired) electrons. The Balaban J connectivity index is 1.96. The summed E-state index contributed by atoms with van der Waals surface area (Å²) in [5.74, 6) is -1.48. The molecule has 1 atom stereocenters. The molecule has 0 fully saturated rings. The van der Waals surface area contributed by atoms with E-state index in [0.29, 0.717) is 11.3 Å². The third-order valence-electron chi connectivity index (χ3n) is 3.38. The van der Waals surface area contributed by atoms with Gasteiger partial charge in [-0.3, -0.25) is 4.79 Å². The number of thiazole rings is 1. The zero-order chi connectivity index (χ0) is 30.4. The first kappa shape index (κ1) is 9.67. The fourth-order valence-corrected chi connectivity index (χ4v) is 2.54. The van der Waals surface area contributed by atoms with Gasteiger partial charge in [0.1, 0.15) is 0 Å². The molecule has 1 amide bonds. The smallest absolute Gasteiger partial charge is 0.230 e. The Morgan fingerprint density at radius 2 is 2.07 bits per heavy atom. The number of hydrogen-bond acceptors (Lipinski definition) is 5. The van der Waals surface area contributed by atoms with Gasteiger partial charge in [-0.1, -0.05) is 48.8 Å². The molecule has 0 aliphatic carbocycles. The molecule has 0 unspecified atom stereocenters. The number of anilines is 2. The first-order valence-corrected chi connectivity index (χ1v) is 9.01. The van der Waals surface area contributed by atoms with Crippen molar-refractivity contribution in [3.63, 3.8) is 0 Å². The Labute approximate surface area is 186 Å². The van der Waals surface area contributed by atoms with Crippen molar-refractivity contribution in [2.75, 3.05) is 11.1 Å². The molecule has 0 bridgehead atoms. The predicted molar refractivity (Wildman–Crippen MR) is 114 cm³/mol. The molecule has 0 aliphatic rings. The zero-order valence-electron chi connectivity index (χ0n) is 26.6. The molecule has 28 heavy (non-hydrogen) atoms. The van der Waals surface area contributed by atoms with Gasteiger partial charge >= 0.3 is 0 Å². The highest BCUT2D eigenvalue weighted by Crippen LogP contribution is 2.20. The van der Waals surface area contributed by atoms with Crippen LogP contribution >= 0.6 is 11.3 Å². The van der Waals surface area contributed by atoms with Crippen LogP contribution in [0.1, 0.15) is 58.6 Å². The van der Waals surface area contributed by atoms with Gasteiger partial charge in [0.25, 0.3) is 0 Å². The van der Waals surface area contributed by atoms with Crippen LogP contribution in [0.5, 0.6) is 0 Å². The lowest BCUT2D eigenvalue weighted by Crippen LogP contribution is -2.14. The van der Waals surface area contributed by atoms with Crippen molar-refractivity contribution in [3.8, 4) is 0 Å². The zero-order valence-corrected chi connectivity index (χ0v) is 15.4. The van der Waals surface area contributed by atoms with E-state index in [-0.39, 0.29) is 10.7 Å². The lowest BCUT2D eigenvalue weighted by molar-refractivity contribution is -0.115. The van der Waals surface area contributed by atoms with E-state index in [1.54, 1.807) is 18.2 Å². The Morgan fingerprint density at radius 3 is 2.75 bits per heavy atom. The van der Waals surface area contributed by atoms with E-state index < -0.39 is 90.4 Å². The molecule has 146 valence electrons. The van der Waals surface area contributed by atoms with Gasteiger partial charge in [0.05, 0.1) is 26.4 Å². The fourth-order valence-electron chi connectivity index (χ4n) is 2.11. The molecule has 3 aromatic rings. The van der Waals surface area contributed by atoms with E-state index in [4.69, 9.17) is 22.2 Å². The van der Waals surface area contributed by atoms with Crippen LogP contribution in [0.2, 0.25) is 0 Å². The van der Waals surface area contributed by atoms with E-state index in [1.165, 1.54) is 12.1 Å². The van der Waals surface area contributed by atoms with E-state index in [2.05, 4.69) is 4.98 Å². The maximum Gasteiger partial charge on any atom is 0.230 e. The molecule has 0 saturated heterocycles. The van der Waals surface area contributed by atoms with Crippen molar-refractivity contribution in [2.24, 2.45) is 0 Å². The van der Waals surface area contributed by atoms with Crippen LogP contribution in [0.25, 0.3) is 0 Å². The number of nitrogens with one attached hydrogen (secondary N) is 1. The van der Waals surface area contributed by atoms with E-state index >= 15 is 0 Å². The van der Waals surface area contributed by atoms with E-state index in [0.717, 1.165) is 0 Å². The van der Waals surface area contributed by atoms with Gasteiger partial charge in [0.15, 0.2) is 5.13 Å². The number of amides is 1. The average molecular weight is 408 g/mol. The second-order valence-corrected chi connectivity index (χ2v) is 6.27. The van der Waals surface area contributed by atoms with Crippen LogP contribution < -0.4 is 11.1 Å². The number of benzene rings is 2. The number of carbonyl (C=O) groups is 1. The minimum atomic E-state index is -3.16. The Morgan fingerprint density at radius 1 is 1.32 bits per heavy atom. The third kappa shape index (κ3) is 6.18. The van der Waals surface area contributed by atoms with Crippen LogP contribution in [0, 0.1) is 0 Å². The molecule has 0 spiro atoms. The number of nitrogens with zero attached hydrogens (tertiary/aromatic N) is 1. The van der Waals surface area contributed by atoms with Gasteiger partial charge in [0, 0.05) is 19.3 Å². The van der Waals surface area contributed by atoms with Gasteiger partial charge in [-0.15, -0.1) is 11.3 Å². The van der Waals surface area contributed by atoms with Gasteiger partial charge in [-0.05, 0) is 42.4 Å². The van der Waals surface area contributed by atoms with Crippen LogP contribution in [0.15, 0.2) is 59.9 Å². The molecule has 5 nitrogen and oxygen atoms in total. The molecule has 0 saturated carbocycles. The van der Waals surface area contributed by atoms with Crippen molar-refractivity contribution < 1.29 is 26.4 Å². The SMILES string of the molecule is [2H]c1sc(N)nc1C([2H])([2H])C(=O)Nc1c([2H])c([2H])c(C([2H])([2H])C([2H])([2H])CC[C@]([2H])(O)c2ccccc2)c([2H])c1[2H]. The molecule has 6 heteroatoms. The summed E-state index contributed by atoms with van der Waals surface area (Å²) >= 11 is 0.617. The summed E-state index contributed by atoms with van der Waals surface area (Å²) in [5.41, 5.74) is 3.26. The van der Waals surface area contributed by atoms with Gasteiger partial charge in [0.2, 0.25) is 5.91 Å². The number of aromatic nitrogens is 1. The largest absolute Gasteiger partial charge is 0.388 e. The highest BCUT2D eigenvalue weighted by atomic mass is 32.1. The molecular formula is C22H25N3O2S. The first-order valence-electron chi connectivity index (χ1n) is 14.2. The standard InChI is InChI=1S/C22H25N3O2S/c23-22-25-19(15-28-22)14-21(27)24-18-12-10-16(11-13-18)6-4-5-9-20(26)17-7-2-1-3-8-17/h1-3,7-8,10-13,15,20,26H,4-6,9,14H2,(H2,23,25)(H,24,27)/t20-/m0/s1/i4D2,6D2,10D,11D,12D,13D,14D2,15D,20D. The molecule has 1 aromatic heterocycles. The lowest BCUT2D eigenvalue weighted by Gasteiger charge is -2.10. The second kappa shape index (κ2) is 10.0. The number of carbonyl (C=O) groups excluding carboxylic acids is 1. The maximum atomic E-state index is 12.8. The first-order chi connectivity index (χ1) is 18.3. The summed E-state index contributed by atoms with van der Waals surface area (Å²) in [6.45, 7) is 0. The van der Waals surface area contributed by atoms with E-state index in [1.807, 2.05) is 5.32 Å². The monoisotopic (exact) mass is 407 g/mol. The summed E-state index contributed by atoms with van der Waals surface area (Å²) in [4.78, 5) is 16.4. The molecule has 3 rings (SSSR count). The minimum Gasteiger partial charge on any atom is -0.388 e. The number of aliphatic hydroxyl groups is 1. The molecule has 4 N–H and O–H groups in total. The number of nitrogens with two attached hydrogens (primary N) is 1. The summed E-state index contributed by atoms with van der Waals surface area (Å²) in [7, 11) is 0. The maximum absolute atomic E-state index is 12.8. The number of hydrogen-bond donors (Lipinski definition) is 3. The highest BCUT2D eigenvalue weighted by molar-refractivity contribution is 7.13. The van der Waals surface area contributed by atoms with Crippen molar-refractivity contribution in [2.45, 2.75) is 38.0 Å². The molecule has 2 aromatic carbocycles. The van der Waals surface area contributed by atoms with Crippen LogP contribution in [-0.4, -0.2) is 16.0 Å².